The van der Waals surface area contributed by atoms with E-state index in [-0.39, 0.29) is 11.9 Å². The maximum absolute atomic E-state index is 12.7. The van der Waals surface area contributed by atoms with Gasteiger partial charge >= 0.3 is 0 Å². The molecule has 1 fully saturated rings. The number of likely N-dealkylation sites (N-methyl/N-ethyl adjacent to an activating group) is 1. The third-order valence-electron chi connectivity index (χ3n) is 6.22. The van der Waals surface area contributed by atoms with Crippen molar-refractivity contribution >= 4 is 11.6 Å². The fraction of sp³-hybridized carbons (Fsp3) is 0.333. The standard InChI is InChI=1S/C27H29N5O3/c1-31(2)27(33)23-6-5-13-32(23)22-9-7-18(14-25(22)35-4)15-26-29-12-11-21(30-26)19-8-10-24(34-3)20(16-19)17-28/h7-12,14,16,23H,5-6,13,15H2,1-4H3. The molecule has 1 atom stereocenters. The van der Waals surface area contributed by atoms with Crippen molar-refractivity contribution < 1.29 is 14.3 Å². The quantitative estimate of drug-likeness (QED) is 0.519. The van der Waals surface area contributed by atoms with Gasteiger partial charge in [-0.05, 0) is 54.8 Å². The van der Waals surface area contributed by atoms with Gasteiger partial charge in [-0.25, -0.2) is 9.97 Å². The zero-order valence-corrected chi connectivity index (χ0v) is 20.5. The lowest BCUT2D eigenvalue weighted by Crippen LogP contribution is -2.42. The molecule has 35 heavy (non-hydrogen) atoms. The van der Waals surface area contributed by atoms with Gasteiger partial charge in [0.2, 0.25) is 5.91 Å². The van der Waals surface area contributed by atoms with Crippen LogP contribution in [0.5, 0.6) is 11.5 Å². The van der Waals surface area contributed by atoms with E-state index < -0.39 is 0 Å². The lowest BCUT2D eigenvalue weighted by Gasteiger charge is -2.29. The third-order valence-corrected chi connectivity index (χ3v) is 6.22. The number of amides is 1. The van der Waals surface area contributed by atoms with Crippen LogP contribution in [-0.2, 0) is 11.2 Å². The molecule has 0 spiro atoms. The van der Waals surface area contributed by atoms with Gasteiger partial charge < -0.3 is 19.3 Å². The van der Waals surface area contributed by atoms with Crippen molar-refractivity contribution in [3.05, 3.63) is 65.6 Å². The Kier molecular flexibility index (Phi) is 7.16. The highest BCUT2D eigenvalue weighted by Gasteiger charge is 2.33. The maximum Gasteiger partial charge on any atom is 0.244 e. The number of anilines is 1. The van der Waals surface area contributed by atoms with E-state index in [1.54, 1.807) is 51.5 Å². The number of carbonyl (C=O) groups is 1. The first kappa shape index (κ1) is 24.0. The summed E-state index contributed by atoms with van der Waals surface area (Å²) in [7, 11) is 6.78. The molecule has 4 rings (SSSR count). The van der Waals surface area contributed by atoms with Crippen molar-refractivity contribution in [2.24, 2.45) is 0 Å². The van der Waals surface area contributed by atoms with Gasteiger partial charge in [0, 0.05) is 38.8 Å². The molecule has 8 nitrogen and oxygen atoms in total. The molecule has 0 bridgehead atoms. The van der Waals surface area contributed by atoms with Crippen molar-refractivity contribution in [1.29, 1.82) is 5.26 Å². The van der Waals surface area contributed by atoms with Gasteiger partial charge in [-0.3, -0.25) is 4.79 Å². The van der Waals surface area contributed by atoms with Gasteiger partial charge in [0.1, 0.15) is 29.4 Å². The number of nitrogens with zero attached hydrogens (tertiary/aromatic N) is 5. The van der Waals surface area contributed by atoms with E-state index in [1.807, 2.05) is 30.3 Å². The second kappa shape index (κ2) is 10.4. The third kappa shape index (κ3) is 5.04. The number of nitriles is 1. The summed E-state index contributed by atoms with van der Waals surface area (Å²) in [6, 6.07) is 15.3. The number of carbonyl (C=O) groups excluding carboxylic acids is 1. The van der Waals surface area contributed by atoms with Crippen LogP contribution < -0.4 is 14.4 Å². The molecule has 0 aliphatic carbocycles. The van der Waals surface area contributed by atoms with E-state index >= 15 is 0 Å². The predicted octanol–water partition coefficient (Wildman–Crippen LogP) is 3.68. The molecule has 1 aliphatic heterocycles. The van der Waals surface area contributed by atoms with Crippen LogP contribution >= 0.6 is 0 Å². The van der Waals surface area contributed by atoms with E-state index in [2.05, 4.69) is 16.0 Å². The Morgan fingerprint density at radius 2 is 1.94 bits per heavy atom. The Hall–Kier alpha value is -4.12. The molecule has 1 amide bonds. The van der Waals surface area contributed by atoms with Crippen LogP contribution in [0.2, 0.25) is 0 Å². The molecule has 2 aromatic carbocycles. The first-order valence-corrected chi connectivity index (χ1v) is 11.5. The topological polar surface area (TPSA) is 91.6 Å². The highest BCUT2D eigenvalue weighted by molar-refractivity contribution is 5.86. The van der Waals surface area contributed by atoms with Crippen LogP contribution in [-0.4, -0.2) is 61.7 Å². The molecule has 180 valence electrons. The lowest BCUT2D eigenvalue weighted by atomic mass is 10.1. The number of benzene rings is 2. The number of hydrogen-bond donors (Lipinski definition) is 0. The largest absolute Gasteiger partial charge is 0.495 e. The summed E-state index contributed by atoms with van der Waals surface area (Å²) in [5.74, 6) is 2.03. The highest BCUT2D eigenvalue weighted by atomic mass is 16.5. The second-order valence-corrected chi connectivity index (χ2v) is 8.65. The summed E-state index contributed by atoms with van der Waals surface area (Å²) >= 11 is 0. The van der Waals surface area contributed by atoms with Gasteiger partial charge in [0.05, 0.1) is 31.2 Å². The molecule has 0 N–H and O–H groups in total. The van der Waals surface area contributed by atoms with Crippen LogP contribution in [0.4, 0.5) is 5.69 Å². The minimum absolute atomic E-state index is 0.108. The van der Waals surface area contributed by atoms with Crippen molar-refractivity contribution in [3.8, 4) is 28.8 Å². The van der Waals surface area contributed by atoms with Crippen LogP contribution in [0.25, 0.3) is 11.3 Å². The fourth-order valence-corrected chi connectivity index (χ4v) is 4.46. The molecule has 1 saturated heterocycles. The lowest BCUT2D eigenvalue weighted by molar-refractivity contribution is -0.129. The molecule has 1 aliphatic rings. The van der Waals surface area contributed by atoms with E-state index in [0.717, 1.165) is 47.6 Å². The summed E-state index contributed by atoms with van der Waals surface area (Å²) in [4.78, 5) is 25.6. The Morgan fingerprint density at radius 3 is 2.66 bits per heavy atom. The SMILES string of the molecule is COc1ccc(-c2ccnc(Cc3ccc(N4CCCC4C(=O)N(C)C)c(OC)c3)n2)cc1C#N. The number of aromatic nitrogens is 2. The van der Waals surface area contributed by atoms with E-state index in [9.17, 15) is 10.1 Å². The Balaban J connectivity index is 1.58. The first-order valence-electron chi connectivity index (χ1n) is 11.5. The van der Waals surface area contributed by atoms with Gasteiger partial charge in [-0.15, -0.1) is 0 Å². The number of ether oxygens (including phenoxy) is 2. The van der Waals surface area contributed by atoms with E-state index in [0.29, 0.717) is 23.6 Å². The smallest absolute Gasteiger partial charge is 0.244 e. The Morgan fingerprint density at radius 1 is 1.14 bits per heavy atom. The first-order chi connectivity index (χ1) is 16.9. The summed E-state index contributed by atoms with van der Waals surface area (Å²) in [5.41, 5.74) is 3.94. The number of rotatable bonds is 7. The monoisotopic (exact) mass is 471 g/mol. The summed E-state index contributed by atoms with van der Waals surface area (Å²) in [6.07, 6.45) is 4.04. The molecular weight excluding hydrogens is 442 g/mol. The minimum atomic E-state index is -0.174. The van der Waals surface area contributed by atoms with Gasteiger partial charge in [0.25, 0.3) is 0 Å². The summed E-state index contributed by atoms with van der Waals surface area (Å²) in [5, 5.41) is 9.40. The van der Waals surface area contributed by atoms with Gasteiger partial charge in [-0.2, -0.15) is 5.26 Å². The molecule has 1 unspecified atom stereocenters. The van der Waals surface area contributed by atoms with Crippen molar-refractivity contribution in [2.75, 3.05) is 39.8 Å². The van der Waals surface area contributed by atoms with Crippen LogP contribution in [0, 0.1) is 11.3 Å². The highest BCUT2D eigenvalue weighted by Crippen LogP contribution is 2.35. The normalized spacial score (nSPS) is 14.9. The average molecular weight is 472 g/mol. The Labute approximate surface area is 205 Å². The van der Waals surface area contributed by atoms with Crippen molar-refractivity contribution in [3.63, 3.8) is 0 Å². The van der Waals surface area contributed by atoms with Crippen LogP contribution in [0.1, 0.15) is 29.8 Å². The molecular formula is C27H29N5O3. The molecule has 2 heterocycles. The van der Waals surface area contributed by atoms with Gasteiger partial charge in [0.15, 0.2) is 0 Å². The van der Waals surface area contributed by atoms with E-state index in [1.165, 1.54) is 0 Å². The Bertz CT molecular complexity index is 1270. The van der Waals surface area contributed by atoms with Crippen molar-refractivity contribution in [1.82, 2.24) is 14.9 Å². The predicted molar refractivity (Wildman–Crippen MR) is 134 cm³/mol. The van der Waals surface area contributed by atoms with Crippen LogP contribution in [0.15, 0.2) is 48.7 Å². The number of hydrogen-bond acceptors (Lipinski definition) is 7. The average Bonchev–Trinajstić information content (AvgIpc) is 3.37. The molecule has 0 saturated carbocycles. The van der Waals surface area contributed by atoms with Crippen molar-refractivity contribution in [2.45, 2.75) is 25.3 Å². The molecule has 3 aromatic rings. The minimum Gasteiger partial charge on any atom is -0.495 e. The van der Waals surface area contributed by atoms with Gasteiger partial charge in [-0.1, -0.05) is 6.07 Å². The zero-order valence-electron chi connectivity index (χ0n) is 20.5. The van der Waals surface area contributed by atoms with E-state index in [4.69, 9.17) is 14.5 Å². The van der Waals surface area contributed by atoms with Crippen LogP contribution in [0.3, 0.4) is 0 Å². The summed E-state index contributed by atoms with van der Waals surface area (Å²) in [6.45, 7) is 0.817. The maximum atomic E-state index is 12.7. The summed E-state index contributed by atoms with van der Waals surface area (Å²) < 4.78 is 11.0. The molecule has 0 radical (unpaired) electrons. The molecule has 8 heteroatoms. The number of methoxy groups -OCH3 is 2. The fourth-order valence-electron chi connectivity index (χ4n) is 4.46. The second-order valence-electron chi connectivity index (χ2n) is 8.65. The molecule has 1 aromatic heterocycles. The zero-order chi connectivity index (χ0) is 24.9.